The molecule has 2 atom stereocenters. The van der Waals surface area contributed by atoms with Crippen LogP contribution in [0.4, 0.5) is 0 Å². The summed E-state index contributed by atoms with van der Waals surface area (Å²) in [5.74, 6) is -0.703. The van der Waals surface area contributed by atoms with Gasteiger partial charge in [-0.25, -0.2) is 0 Å². The van der Waals surface area contributed by atoms with Gasteiger partial charge in [0.1, 0.15) is 0 Å². The molecule has 1 rings (SSSR count). The third-order valence-corrected chi connectivity index (χ3v) is 3.73. The fourth-order valence-electron chi connectivity index (χ4n) is 2.63. The van der Waals surface area contributed by atoms with Crippen LogP contribution in [0.1, 0.15) is 40.5 Å². The number of nitrogens with zero attached hydrogens (tertiary/aromatic N) is 2. The van der Waals surface area contributed by atoms with Crippen LogP contribution in [0.2, 0.25) is 0 Å². The lowest BCUT2D eigenvalue weighted by atomic mass is 10.0. The van der Waals surface area contributed by atoms with Crippen molar-refractivity contribution >= 4 is 5.97 Å². The lowest BCUT2D eigenvalue weighted by Gasteiger charge is -2.40. The largest absolute Gasteiger partial charge is 0.481 e. The Balaban J connectivity index is 2.82. The van der Waals surface area contributed by atoms with Crippen LogP contribution < -0.4 is 0 Å². The van der Waals surface area contributed by atoms with E-state index in [2.05, 4.69) is 37.5 Å². The van der Waals surface area contributed by atoms with Gasteiger partial charge in [0.2, 0.25) is 0 Å². The molecule has 1 N–H and O–H groups in total. The lowest BCUT2D eigenvalue weighted by Crippen LogP contribution is -2.50. The van der Waals surface area contributed by atoms with Gasteiger partial charge in [-0.05, 0) is 47.7 Å². The lowest BCUT2D eigenvalue weighted by molar-refractivity contribution is -0.138. The third-order valence-electron chi connectivity index (χ3n) is 3.73. The molecule has 1 fully saturated rings. The third kappa shape index (κ3) is 3.96. The smallest absolute Gasteiger partial charge is 0.304 e. The van der Waals surface area contributed by atoms with E-state index in [0.717, 1.165) is 19.5 Å². The molecule has 100 valence electrons. The van der Waals surface area contributed by atoms with Gasteiger partial charge in [0, 0.05) is 24.2 Å². The molecular weight excluding hydrogens is 216 g/mol. The van der Waals surface area contributed by atoms with E-state index in [1.807, 2.05) is 7.05 Å². The molecule has 0 aromatic rings. The first-order valence-electron chi connectivity index (χ1n) is 6.40. The molecule has 0 spiro atoms. The number of carboxylic acids is 1. The Labute approximate surface area is 105 Å². The first-order chi connectivity index (χ1) is 7.71. The van der Waals surface area contributed by atoms with Crippen molar-refractivity contribution in [2.75, 3.05) is 20.1 Å². The molecule has 0 saturated carbocycles. The maximum absolute atomic E-state index is 10.9. The van der Waals surface area contributed by atoms with Gasteiger partial charge in [-0.3, -0.25) is 9.69 Å². The van der Waals surface area contributed by atoms with Crippen molar-refractivity contribution in [2.45, 2.75) is 58.2 Å². The summed E-state index contributed by atoms with van der Waals surface area (Å²) in [5, 5.41) is 8.99. The van der Waals surface area contributed by atoms with E-state index in [0.29, 0.717) is 6.04 Å². The maximum Gasteiger partial charge on any atom is 0.304 e. The number of carbonyl (C=O) groups is 1. The molecule has 1 aliphatic heterocycles. The highest BCUT2D eigenvalue weighted by molar-refractivity contribution is 5.67. The van der Waals surface area contributed by atoms with E-state index in [9.17, 15) is 4.79 Å². The second-order valence-electron chi connectivity index (χ2n) is 6.19. The Kier molecular flexibility index (Phi) is 4.55. The van der Waals surface area contributed by atoms with Gasteiger partial charge in [-0.1, -0.05) is 0 Å². The standard InChI is InChI=1S/C13H26N2O2/c1-10-6-7-14(5)11(8-12(16)17)9-15(10)13(2,3)4/h10-11H,6-9H2,1-5H3,(H,16,17). The molecule has 0 radical (unpaired) electrons. The second-order valence-corrected chi connectivity index (χ2v) is 6.19. The summed E-state index contributed by atoms with van der Waals surface area (Å²) in [5.41, 5.74) is 0.0986. The van der Waals surface area contributed by atoms with E-state index < -0.39 is 5.97 Å². The highest BCUT2D eigenvalue weighted by Gasteiger charge is 2.33. The summed E-state index contributed by atoms with van der Waals surface area (Å²) in [7, 11) is 2.03. The zero-order valence-electron chi connectivity index (χ0n) is 11.7. The number of hydrogen-bond donors (Lipinski definition) is 1. The molecule has 1 saturated heterocycles. The minimum Gasteiger partial charge on any atom is -0.481 e. The van der Waals surface area contributed by atoms with Gasteiger partial charge in [0.15, 0.2) is 0 Å². The van der Waals surface area contributed by atoms with Gasteiger partial charge in [0.25, 0.3) is 0 Å². The Hall–Kier alpha value is -0.610. The van der Waals surface area contributed by atoms with E-state index in [1.54, 1.807) is 0 Å². The highest BCUT2D eigenvalue weighted by atomic mass is 16.4. The Morgan fingerprint density at radius 2 is 2.00 bits per heavy atom. The van der Waals surface area contributed by atoms with E-state index in [1.165, 1.54) is 0 Å². The fraction of sp³-hybridized carbons (Fsp3) is 0.923. The van der Waals surface area contributed by atoms with Gasteiger partial charge in [0.05, 0.1) is 6.42 Å². The van der Waals surface area contributed by atoms with Crippen LogP contribution in [0.15, 0.2) is 0 Å². The number of carboxylic acid groups (broad SMARTS) is 1. The molecule has 0 aromatic heterocycles. The first-order valence-corrected chi connectivity index (χ1v) is 6.40. The minimum absolute atomic E-state index is 0.0986. The predicted molar refractivity (Wildman–Crippen MR) is 69.2 cm³/mol. The average molecular weight is 242 g/mol. The van der Waals surface area contributed by atoms with Crippen molar-refractivity contribution in [3.63, 3.8) is 0 Å². The van der Waals surface area contributed by atoms with Crippen molar-refractivity contribution in [1.82, 2.24) is 9.80 Å². The number of aliphatic carboxylic acids is 1. The minimum atomic E-state index is -0.703. The monoisotopic (exact) mass is 242 g/mol. The van der Waals surface area contributed by atoms with Crippen molar-refractivity contribution in [3.8, 4) is 0 Å². The van der Waals surface area contributed by atoms with Gasteiger partial charge in [-0.15, -0.1) is 0 Å². The summed E-state index contributed by atoms with van der Waals surface area (Å²) < 4.78 is 0. The molecule has 0 bridgehead atoms. The maximum atomic E-state index is 10.9. The van der Waals surface area contributed by atoms with Crippen LogP contribution >= 0.6 is 0 Å². The zero-order valence-corrected chi connectivity index (χ0v) is 11.7. The number of likely N-dealkylation sites (N-methyl/N-ethyl adjacent to an activating group) is 1. The molecule has 0 amide bonds. The topological polar surface area (TPSA) is 43.8 Å². The average Bonchev–Trinajstić information content (AvgIpc) is 2.29. The number of hydrogen-bond acceptors (Lipinski definition) is 3. The summed E-state index contributed by atoms with van der Waals surface area (Å²) in [6.07, 6.45) is 1.33. The van der Waals surface area contributed by atoms with Gasteiger partial charge < -0.3 is 10.0 Å². The van der Waals surface area contributed by atoms with Gasteiger partial charge in [-0.2, -0.15) is 0 Å². The SMILES string of the molecule is CC1CCN(C)C(CC(=O)O)CN1C(C)(C)C. The van der Waals surface area contributed by atoms with Crippen molar-refractivity contribution in [3.05, 3.63) is 0 Å². The van der Waals surface area contributed by atoms with Crippen LogP contribution in [0.3, 0.4) is 0 Å². The summed E-state index contributed by atoms with van der Waals surface area (Å²) in [6, 6.07) is 0.632. The van der Waals surface area contributed by atoms with Gasteiger partial charge >= 0.3 is 5.97 Å². The fourth-order valence-corrected chi connectivity index (χ4v) is 2.63. The second kappa shape index (κ2) is 5.36. The van der Waals surface area contributed by atoms with E-state index >= 15 is 0 Å². The van der Waals surface area contributed by atoms with Crippen molar-refractivity contribution < 1.29 is 9.90 Å². The van der Waals surface area contributed by atoms with Crippen LogP contribution in [-0.4, -0.2) is 58.6 Å². The van der Waals surface area contributed by atoms with Crippen LogP contribution in [0.5, 0.6) is 0 Å². The van der Waals surface area contributed by atoms with Crippen LogP contribution in [0.25, 0.3) is 0 Å². The normalized spacial score (nSPS) is 29.0. The summed E-state index contributed by atoms with van der Waals surface area (Å²) in [6.45, 7) is 10.7. The molecule has 2 unspecified atom stereocenters. The molecule has 1 aliphatic rings. The Morgan fingerprint density at radius 1 is 1.41 bits per heavy atom. The molecule has 4 heteroatoms. The zero-order chi connectivity index (χ0) is 13.2. The van der Waals surface area contributed by atoms with E-state index in [4.69, 9.17) is 5.11 Å². The molecular formula is C13H26N2O2. The Bertz CT molecular complexity index is 273. The van der Waals surface area contributed by atoms with E-state index in [-0.39, 0.29) is 18.0 Å². The summed E-state index contributed by atoms with van der Waals surface area (Å²) >= 11 is 0. The first kappa shape index (κ1) is 14.5. The molecule has 17 heavy (non-hydrogen) atoms. The van der Waals surface area contributed by atoms with Crippen molar-refractivity contribution in [2.24, 2.45) is 0 Å². The van der Waals surface area contributed by atoms with Crippen LogP contribution in [0, 0.1) is 0 Å². The molecule has 0 aliphatic carbocycles. The summed E-state index contributed by atoms with van der Waals surface area (Å²) in [4.78, 5) is 15.5. The van der Waals surface area contributed by atoms with Crippen molar-refractivity contribution in [1.29, 1.82) is 0 Å². The van der Waals surface area contributed by atoms with Crippen LogP contribution in [-0.2, 0) is 4.79 Å². The molecule has 4 nitrogen and oxygen atoms in total. The molecule has 1 heterocycles. The predicted octanol–water partition coefficient (Wildman–Crippen LogP) is 1.65. The quantitative estimate of drug-likeness (QED) is 0.799. The molecule has 0 aromatic carbocycles. The highest BCUT2D eigenvalue weighted by Crippen LogP contribution is 2.24. The Morgan fingerprint density at radius 3 is 2.47 bits per heavy atom. The number of rotatable bonds is 2.